The van der Waals surface area contributed by atoms with Crippen molar-refractivity contribution in [1.29, 1.82) is 0 Å². The fourth-order valence-electron chi connectivity index (χ4n) is 4.19. The molecule has 0 saturated carbocycles. The van der Waals surface area contributed by atoms with Crippen molar-refractivity contribution in [2.24, 2.45) is 0 Å². The average molecular weight is 640 g/mol. The number of unbranched alkanes of at least 4 members (excludes halogenated alkanes) is 15. The maximum atomic E-state index is 11.8. The molecule has 1 aliphatic heterocycles. The summed E-state index contributed by atoms with van der Waals surface area (Å²) in [5.74, 6) is 0.858. The highest BCUT2D eigenvalue weighted by Crippen LogP contribution is 2.15. The zero-order chi connectivity index (χ0) is 27.5. The van der Waals surface area contributed by atoms with Gasteiger partial charge in [0.05, 0.1) is 19.0 Å². The smallest absolute Gasteiger partial charge is 0.440 e. The van der Waals surface area contributed by atoms with E-state index in [0.29, 0.717) is 13.2 Å². The van der Waals surface area contributed by atoms with Crippen LogP contribution in [0.25, 0.3) is 0 Å². The first-order valence-electron chi connectivity index (χ1n) is 14.9. The molecule has 0 aromatic heterocycles. The first-order chi connectivity index (χ1) is 18.7. The van der Waals surface area contributed by atoms with E-state index in [1.165, 1.54) is 96.9 Å². The number of nitrogens with zero attached hydrogens (tertiary/aromatic N) is 1. The lowest BCUT2D eigenvalue weighted by molar-refractivity contribution is -0.0270. The van der Waals surface area contributed by atoms with Gasteiger partial charge in [0.25, 0.3) is 0 Å². The topological polar surface area (TPSA) is 86.3 Å². The van der Waals surface area contributed by atoms with E-state index in [-0.39, 0.29) is 36.8 Å². The molecule has 1 heterocycles. The van der Waals surface area contributed by atoms with Crippen molar-refractivity contribution in [2.45, 2.75) is 116 Å². The Balaban J connectivity index is 0.0000144. The zero-order valence-electron chi connectivity index (χ0n) is 24.5. The number of hydrogen-bond donors (Lipinski definition) is 1. The Hall–Kier alpha value is -1.13. The van der Waals surface area contributed by atoms with Gasteiger partial charge in [0.2, 0.25) is 0 Å². The van der Waals surface area contributed by atoms with Gasteiger partial charge in [0.1, 0.15) is 13.2 Å². The molecule has 1 N–H and O–H groups in total. The first-order valence-corrected chi connectivity index (χ1v) is 16.0. The van der Waals surface area contributed by atoms with Crippen molar-refractivity contribution < 1.29 is 28.5 Å². The highest BCUT2D eigenvalue weighted by Gasteiger charge is 2.18. The molecule has 0 spiro atoms. The molecular weight excluding hydrogens is 584 g/mol. The molecule has 0 bridgehead atoms. The molecule has 10 heteroatoms. The van der Waals surface area contributed by atoms with Gasteiger partial charge in [-0.3, -0.25) is 0 Å². The van der Waals surface area contributed by atoms with Crippen LogP contribution in [0.1, 0.15) is 110 Å². The number of alkyl carbamates (subject to hydrolysis) is 1. The van der Waals surface area contributed by atoms with Crippen molar-refractivity contribution >= 4 is 41.0 Å². The SMILES string of the molecule is Br.CCCCCCCCCCCCCCCCCCOC[C@@H](COC(=O)OCCN1C=CSC1)OC(=O)NC. The fourth-order valence-corrected chi connectivity index (χ4v) is 4.94. The summed E-state index contributed by atoms with van der Waals surface area (Å²) in [5, 5.41) is 4.41. The predicted octanol–water partition coefficient (Wildman–Crippen LogP) is 8.20. The van der Waals surface area contributed by atoms with Crippen molar-refractivity contribution in [2.75, 3.05) is 45.9 Å². The van der Waals surface area contributed by atoms with Gasteiger partial charge < -0.3 is 29.2 Å². The second kappa shape index (κ2) is 28.4. The molecule has 0 fully saturated rings. The quantitative estimate of drug-likeness (QED) is 0.0791. The highest BCUT2D eigenvalue weighted by atomic mass is 79.9. The first kappa shape index (κ1) is 37.9. The van der Waals surface area contributed by atoms with E-state index < -0.39 is 18.4 Å². The molecule has 0 saturated heterocycles. The number of halogens is 1. The van der Waals surface area contributed by atoms with E-state index in [0.717, 1.165) is 18.7 Å². The lowest BCUT2D eigenvalue weighted by Crippen LogP contribution is -2.33. The van der Waals surface area contributed by atoms with Crippen LogP contribution in [0.15, 0.2) is 11.6 Å². The molecule has 0 radical (unpaired) electrons. The van der Waals surface area contributed by atoms with E-state index in [2.05, 4.69) is 12.2 Å². The molecule has 1 rings (SSSR count). The van der Waals surface area contributed by atoms with Crippen LogP contribution in [0.3, 0.4) is 0 Å². The van der Waals surface area contributed by atoms with Gasteiger partial charge in [-0.25, -0.2) is 9.59 Å². The van der Waals surface area contributed by atoms with Crippen LogP contribution in [-0.4, -0.2) is 69.1 Å². The number of rotatable bonds is 25. The van der Waals surface area contributed by atoms with Crippen LogP contribution in [0.4, 0.5) is 9.59 Å². The second-order valence-corrected chi connectivity index (χ2v) is 10.8. The maximum absolute atomic E-state index is 11.8. The van der Waals surface area contributed by atoms with Crippen molar-refractivity contribution in [3.8, 4) is 0 Å². The number of hydrogen-bond acceptors (Lipinski definition) is 8. The molecule has 1 atom stereocenters. The minimum atomic E-state index is -0.774. The molecule has 0 aromatic rings. The summed E-state index contributed by atoms with van der Waals surface area (Å²) < 4.78 is 21.1. The number of carbonyl (C=O) groups is 2. The number of ether oxygens (including phenoxy) is 4. The van der Waals surface area contributed by atoms with E-state index in [1.807, 2.05) is 16.5 Å². The van der Waals surface area contributed by atoms with Crippen LogP contribution >= 0.6 is 28.7 Å². The number of thioether (sulfide) groups is 1. The van der Waals surface area contributed by atoms with Gasteiger partial charge in [0.15, 0.2) is 6.10 Å². The largest absolute Gasteiger partial charge is 0.508 e. The van der Waals surface area contributed by atoms with Gasteiger partial charge in [0, 0.05) is 19.9 Å². The molecule has 230 valence electrons. The van der Waals surface area contributed by atoms with E-state index in [9.17, 15) is 9.59 Å². The summed E-state index contributed by atoms with van der Waals surface area (Å²) in [4.78, 5) is 25.5. The second-order valence-electron chi connectivity index (χ2n) is 9.96. The standard InChI is InChI=1S/C29H54N2O6S.BrH/c1-3-4-5-6-7-8-9-10-11-12-13-14-15-16-17-18-21-34-24-27(37-28(32)30-2)25-36-29(33)35-22-19-31-20-23-38-26-31;/h20,23,27H,3-19,21-22,24-26H2,1-2H3,(H,30,32);1H/t27-;/m0./s1. The summed E-state index contributed by atoms with van der Waals surface area (Å²) in [7, 11) is 1.48. The van der Waals surface area contributed by atoms with Gasteiger partial charge in [-0.2, -0.15) is 0 Å². The third kappa shape index (κ3) is 24.4. The third-order valence-corrected chi connectivity index (χ3v) is 7.31. The van der Waals surface area contributed by atoms with Crippen LogP contribution in [0.5, 0.6) is 0 Å². The molecule has 8 nitrogen and oxygen atoms in total. The molecule has 1 aliphatic rings. The van der Waals surface area contributed by atoms with E-state index >= 15 is 0 Å². The Morgan fingerprint density at radius 2 is 1.38 bits per heavy atom. The van der Waals surface area contributed by atoms with Gasteiger partial charge in [-0.15, -0.1) is 28.7 Å². The molecule has 0 aliphatic carbocycles. The third-order valence-electron chi connectivity index (χ3n) is 6.52. The summed E-state index contributed by atoms with van der Waals surface area (Å²) in [6.45, 7) is 3.78. The zero-order valence-corrected chi connectivity index (χ0v) is 27.0. The van der Waals surface area contributed by atoms with E-state index in [1.54, 1.807) is 11.8 Å². The van der Waals surface area contributed by atoms with Crippen LogP contribution in [0, 0.1) is 0 Å². The lowest BCUT2D eigenvalue weighted by Gasteiger charge is -2.18. The molecule has 1 amide bonds. The predicted molar refractivity (Wildman–Crippen MR) is 166 cm³/mol. The normalized spacial score (nSPS) is 13.1. The Morgan fingerprint density at radius 3 is 1.90 bits per heavy atom. The Bertz CT molecular complexity index is 614. The maximum Gasteiger partial charge on any atom is 0.508 e. The molecule has 39 heavy (non-hydrogen) atoms. The van der Waals surface area contributed by atoms with Crippen LogP contribution < -0.4 is 5.32 Å². The van der Waals surface area contributed by atoms with Gasteiger partial charge in [-0.05, 0) is 11.8 Å². The van der Waals surface area contributed by atoms with Crippen molar-refractivity contribution in [1.82, 2.24) is 10.2 Å². The van der Waals surface area contributed by atoms with Crippen molar-refractivity contribution in [3.63, 3.8) is 0 Å². The minimum absolute atomic E-state index is 0. The molecule has 0 unspecified atom stereocenters. The molecule has 0 aromatic carbocycles. The Kier molecular flexibility index (Phi) is 27.6. The fraction of sp³-hybridized carbons (Fsp3) is 0.862. The minimum Gasteiger partial charge on any atom is -0.440 e. The Labute approximate surface area is 252 Å². The number of carbonyl (C=O) groups excluding carboxylic acids is 2. The summed E-state index contributed by atoms with van der Waals surface area (Å²) in [5.41, 5.74) is 0. The summed E-state index contributed by atoms with van der Waals surface area (Å²) >= 11 is 1.69. The highest BCUT2D eigenvalue weighted by molar-refractivity contribution is 8.93. The summed E-state index contributed by atoms with van der Waals surface area (Å²) in [6, 6.07) is 0. The average Bonchev–Trinajstić information content (AvgIpc) is 3.44. The van der Waals surface area contributed by atoms with Gasteiger partial charge >= 0.3 is 12.2 Å². The van der Waals surface area contributed by atoms with Crippen LogP contribution in [-0.2, 0) is 18.9 Å². The number of nitrogens with one attached hydrogen (secondary N) is 1. The monoisotopic (exact) mass is 638 g/mol. The number of amides is 1. The van der Waals surface area contributed by atoms with Crippen LogP contribution in [0.2, 0.25) is 0 Å². The summed E-state index contributed by atoms with van der Waals surface area (Å²) in [6.07, 6.45) is 21.2. The van der Waals surface area contributed by atoms with Crippen molar-refractivity contribution in [3.05, 3.63) is 11.6 Å². The molecular formula is C29H55BrN2O6S. The van der Waals surface area contributed by atoms with E-state index in [4.69, 9.17) is 18.9 Å². The van der Waals surface area contributed by atoms with Gasteiger partial charge in [-0.1, -0.05) is 103 Å². The lowest BCUT2D eigenvalue weighted by atomic mass is 10.0. The Morgan fingerprint density at radius 1 is 0.821 bits per heavy atom.